The van der Waals surface area contributed by atoms with Crippen LogP contribution in [0.1, 0.15) is 30.5 Å². The summed E-state index contributed by atoms with van der Waals surface area (Å²) in [7, 11) is -7.27. The molecule has 0 aliphatic heterocycles. The number of anilines is 2. The molecule has 1 unspecified atom stereocenters. The van der Waals surface area contributed by atoms with Crippen LogP contribution in [0.5, 0.6) is 0 Å². The van der Waals surface area contributed by atoms with E-state index >= 15 is 0 Å². The summed E-state index contributed by atoms with van der Waals surface area (Å²) in [4.78, 5) is 11.3. The van der Waals surface area contributed by atoms with Crippen molar-refractivity contribution in [3.8, 4) is 0 Å². The fourth-order valence-electron chi connectivity index (χ4n) is 3.77. The summed E-state index contributed by atoms with van der Waals surface area (Å²) in [5.41, 5.74) is 6.90. The minimum atomic E-state index is -3.63. The fourth-order valence-corrected chi connectivity index (χ4v) is 4.86. The number of primary amides is 1. The third-order valence-electron chi connectivity index (χ3n) is 5.00. The Bertz CT molecular complexity index is 1270. The lowest BCUT2D eigenvalue weighted by Crippen LogP contribution is -2.30. The van der Waals surface area contributed by atoms with Gasteiger partial charge in [-0.05, 0) is 48.7 Å². The van der Waals surface area contributed by atoms with E-state index in [-0.39, 0.29) is 17.8 Å². The minimum Gasteiger partial charge on any atom is -0.370 e. The number of hydrogen-bond acceptors (Lipinski definition) is 7. The van der Waals surface area contributed by atoms with Crippen molar-refractivity contribution in [1.29, 1.82) is 0 Å². The number of carbonyl (C=O) groups excluding carboxylic acids is 1. The van der Waals surface area contributed by atoms with Gasteiger partial charge < -0.3 is 5.73 Å². The number of nitrogens with two attached hydrogens (primary N) is 1. The van der Waals surface area contributed by atoms with Gasteiger partial charge in [0.25, 0.3) is 0 Å². The number of amides is 1. The van der Waals surface area contributed by atoms with Crippen LogP contribution in [0.25, 0.3) is 0 Å². The van der Waals surface area contributed by atoms with Crippen LogP contribution in [0.3, 0.4) is 0 Å². The molecule has 1 aliphatic carbocycles. The maximum absolute atomic E-state index is 11.9. The Morgan fingerprint density at radius 3 is 2.24 bits per heavy atom. The molecule has 1 heterocycles. The van der Waals surface area contributed by atoms with Crippen LogP contribution in [0.2, 0.25) is 0 Å². The van der Waals surface area contributed by atoms with Crippen LogP contribution in [0, 0.1) is 0 Å². The Morgan fingerprint density at radius 2 is 1.73 bits per heavy atom. The summed E-state index contributed by atoms with van der Waals surface area (Å²) in [6.45, 7) is 0. The van der Waals surface area contributed by atoms with E-state index in [0.717, 1.165) is 18.1 Å². The molecule has 1 aromatic heterocycles. The first kappa shape index (κ1) is 24.4. The van der Waals surface area contributed by atoms with Crippen LogP contribution in [0.15, 0.2) is 60.3 Å². The van der Waals surface area contributed by atoms with Gasteiger partial charge in [-0.2, -0.15) is 10.2 Å². The summed E-state index contributed by atoms with van der Waals surface area (Å²) in [6, 6.07) is 8.17. The first-order chi connectivity index (χ1) is 15.4. The van der Waals surface area contributed by atoms with Crippen molar-refractivity contribution in [1.82, 2.24) is 10.2 Å². The zero-order valence-electron chi connectivity index (χ0n) is 18.1. The summed E-state index contributed by atoms with van der Waals surface area (Å²) < 4.78 is 52.4. The van der Waals surface area contributed by atoms with Crippen molar-refractivity contribution in [2.75, 3.05) is 22.0 Å². The smallest absolute Gasteiger partial charge is 0.229 e. The second kappa shape index (κ2) is 9.32. The molecular formula is C21H25N5O5S2. The van der Waals surface area contributed by atoms with E-state index in [0.29, 0.717) is 24.1 Å². The van der Waals surface area contributed by atoms with Crippen molar-refractivity contribution in [3.05, 3.63) is 71.6 Å². The van der Waals surface area contributed by atoms with Crippen molar-refractivity contribution in [2.24, 2.45) is 5.73 Å². The maximum atomic E-state index is 11.9. The Labute approximate surface area is 193 Å². The second-order valence-electron chi connectivity index (χ2n) is 7.95. The Hall–Kier alpha value is -3.25. The van der Waals surface area contributed by atoms with Gasteiger partial charge in [-0.1, -0.05) is 23.8 Å². The molecule has 1 aliphatic rings. The van der Waals surface area contributed by atoms with Crippen LogP contribution in [-0.4, -0.2) is 45.5 Å². The van der Waals surface area contributed by atoms with Gasteiger partial charge >= 0.3 is 0 Å². The summed E-state index contributed by atoms with van der Waals surface area (Å²) >= 11 is 0. The number of hydrogen-bond donors (Lipinski definition) is 3. The number of benzene rings is 1. The van der Waals surface area contributed by atoms with E-state index in [1.54, 1.807) is 24.3 Å². The molecule has 176 valence electrons. The van der Waals surface area contributed by atoms with Gasteiger partial charge in [0.2, 0.25) is 26.0 Å². The molecule has 0 saturated heterocycles. The van der Waals surface area contributed by atoms with Crippen LogP contribution in [0.4, 0.5) is 11.4 Å². The zero-order chi connectivity index (χ0) is 24.3. The average molecular weight is 492 g/mol. The third kappa shape index (κ3) is 6.62. The molecule has 12 heteroatoms. The van der Waals surface area contributed by atoms with E-state index < -0.39 is 31.4 Å². The lowest BCUT2D eigenvalue weighted by molar-refractivity contribution is -0.118. The van der Waals surface area contributed by atoms with Crippen LogP contribution >= 0.6 is 0 Å². The fraction of sp³-hybridized carbons (Fsp3) is 0.286. The highest BCUT2D eigenvalue weighted by Crippen LogP contribution is 2.43. The predicted octanol–water partition coefficient (Wildman–Crippen LogP) is 1.66. The molecule has 4 N–H and O–H groups in total. The van der Waals surface area contributed by atoms with E-state index in [2.05, 4.69) is 19.6 Å². The Kier molecular flexibility index (Phi) is 6.89. The molecule has 1 atom stereocenters. The number of nitrogens with zero attached hydrogens (tertiary/aromatic N) is 2. The number of allylic oxidation sites excluding steroid dienone is 4. The maximum Gasteiger partial charge on any atom is 0.229 e. The lowest BCUT2D eigenvalue weighted by Gasteiger charge is -2.34. The van der Waals surface area contributed by atoms with E-state index in [1.807, 2.05) is 18.2 Å². The molecule has 0 radical (unpaired) electrons. The lowest BCUT2D eigenvalue weighted by atomic mass is 9.69. The first-order valence-electron chi connectivity index (χ1n) is 9.91. The second-order valence-corrected chi connectivity index (χ2v) is 11.5. The third-order valence-corrected chi connectivity index (χ3v) is 6.21. The van der Waals surface area contributed by atoms with Gasteiger partial charge in [-0.15, -0.1) is 0 Å². The summed E-state index contributed by atoms with van der Waals surface area (Å²) in [5, 5.41) is 8.28. The highest BCUT2D eigenvalue weighted by atomic mass is 32.2. The predicted molar refractivity (Wildman–Crippen MR) is 126 cm³/mol. The molecule has 1 amide bonds. The molecule has 3 rings (SSSR count). The molecule has 1 aromatic carbocycles. The Balaban J connectivity index is 2.19. The number of carbonyl (C=O) groups is 1. The molecule has 0 spiro atoms. The average Bonchev–Trinajstić information content (AvgIpc) is 2.70. The summed E-state index contributed by atoms with van der Waals surface area (Å²) in [5.74, 6) is -0.422. The number of sulfonamides is 2. The summed E-state index contributed by atoms with van der Waals surface area (Å²) in [6.07, 6.45) is 10.2. The van der Waals surface area contributed by atoms with Gasteiger partial charge in [0, 0.05) is 12.6 Å². The van der Waals surface area contributed by atoms with Gasteiger partial charge in [0.1, 0.15) is 0 Å². The standard InChI is InChI=1S/C21H25N5O5S2/c1-32(28,29)25-17-11-16(12-18(13-17)26-33(2,30)31)21(19-6-4-10-23-24-19)9-3-5-15(14-21)7-8-20(22)27/h3-6,9-13,25-26H,7-8,14H2,1-2H3,(H2,22,27). The van der Waals surface area contributed by atoms with Crippen LogP contribution < -0.4 is 15.2 Å². The van der Waals surface area contributed by atoms with Gasteiger partial charge in [0.05, 0.1) is 35.0 Å². The van der Waals surface area contributed by atoms with Gasteiger partial charge in [0.15, 0.2) is 0 Å². The highest BCUT2D eigenvalue weighted by molar-refractivity contribution is 7.92. The highest BCUT2D eigenvalue weighted by Gasteiger charge is 2.36. The zero-order valence-corrected chi connectivity index (χ0v) is 19.8. The topological polar surface area (TPSA) is 161 Å². The Morgan fingerprint density at radius 1 is 1.09 bits per heavy atom. The molecule has 33 heavy (non-hydrogen) atoms. The molecule has 0 fully saturated rings. The van der Waals surface area contributed by atoms with Crippen molar-refractivity contribution < 1.29 is 21.6 Å². The first-order valence-corrected chi connectivity index (χ1v) is 13.7. The molecule has 10 nitrogen and oxygen atoms in total. The number of nitrogens with one attached hydrogen (secondary N) is 2. The van der Waals surface area contributed by atoms with E-state index in [4.69, 9.17) is 5.73 Å². The van der Waals surface area contributed by atoms with Crippen molar-refractivity contribution in [2.45, 2.75) is 24.7 Å². The van der Waals surface area contributed by atoms with E-state index in [1.165, 1.54) is 12.3 Å². The number of rotatable bonds is 9. The normalized spacial score (nSPS) is 18.4. The van der Waals surface area contributed by atoms with Crippen molar-refractivity contribution in [3.63, 3.8) is 0 Å². The molecule has 0 bridgehead atoms. The SMILES string of the molecule is CS(=O)(=O)Nc1cc(NS(C)(=O)=O)cc(C2(c3cccnn3)C=CC=C(CCC(N)=O)C2)c1. The van der Waals surface area contributed by atoms with Crippen molar-refractivity contribution >= 4 is 37.3 Å². The van der Waals surface area contributed by atoms with Crippen LogP contribution in [-0.2, 0) is 30.3 Å². The number of aromatic nitrogens is 2. The quantitative estimate of drug-likeness (QED) is 0.480. The largest absolute Gasteiger partial charge is 0.370 e. The minimum absolute atomic E-state index is 0.173. The molecule has 2 aromatic rings. The van der Waals surface area contributed by atoms with E-state index in [9.17, 15) is 21.6 Å². The molecular weight excluding hydrogens is 466 g/mol. The van der Waals surface area contributed by atoms with Gasteiger partial charge in [-0.25, -0.2) is 16.8 Å². The molecule has 0 saturated carbocycles. The monoisotopic (exact) mass is 491 g/mol. The van der Waals surface area contributed by atoms with Gasteiger partial charge in [-0.3, -0.25) is 14.2 Å².